The van der Waals surface area contributed by atoms with Crippen molar-refractivity contribution in [2.24, 2.45) is 24.1 Å². The van der Waals surface area contributed by atoms with Crippen LogP contribution in [0.1, 0.15) is 31.0 Å². The highest BCUT2D eigenvalue weighted by atomic mass is 15.0. The zero-order valence-corrected chi connectivity index (χ0v) is 11.7. The summed E-state index contributed by atoms with van der Waals surface area (Å²) in [6, 6.07) is 8.71. The van der Waals surface area contributed by atoms with Crippen molar-refractivity contribution in [3.63, 3.8) is 0 Å². The number of fused-ring (bicyclic) bond motifs is 1. The number of benzene rings is 1. The molecule has 0 radical (unpaired) electrons. The van der Waals surface area contributed by atoms with Gasteiger partial charge in [0.2, 0.25) is 0 Å². The van der Waals surface area contributed by atoms with Gasteiger partial charge in [-0.15, -0.1) is 0 Å². The van der Waals surface area contributed by atoms with E-state index in [1.54, 1.807) is 0 Å². The number of hydrogen-bond donors (Lipinski definition) is 1. The van der Waals surface area contributed by atoms with E-state index in [0.717, 1.165) is 6.54 Å². The van der Waals surface area contributed by atoms with Crippen molar-refractivity contribution >= 4 is 10.9 Å². The number of aromatic nitrogens is 1. The molecule has 18 heavy (non-hydrogen) atoms. The second-order valence-corrected chi connectivity index (χ2v) is 6.22. The summed E-state index contributed by atoms with van der Waals surface area (Å²) in [6.45, 7) is 7.71. The molecule has 0 amide bonds. The van der Waals surface area contributed by atoms with Gasteiger partial charge in [0.25, 0.3) is 0 Å². The van der Waals surface area contributed by atoms with Crippen molar-refractivity contribution in [1.82, 2.24) is 4.57 Å². The molecule has 1 aromatic carbocycles. The number of hydrogen-bond acceptors (Lipinski definition) is 1. The van der Waals surface area contributed by atoms with Gasteiger partial charge >= 0.3 is 0 Å². The zero-order valence-electron chi connectivity index (χ0n) is 11.7. The Morgan fingerprint density at radius 3 is 2.56 bits per heavy atom. The van der Waals surface area contributed by atoms with Gasteiger partial charge in [-0.3, -0.25) is 0 Å². The van der Waals surface area contributed by atoms with Crippen LogP contribution in [0.5, 0.6) is 0 Å². The van der Waals surface area contributed by atoms with Crippen molar-refractivity contribution in [3.8, 4) is 0 Å². The van der Waals surface area contributed by atoms with Gasteiger partial charge < -0.3 is 10.3 Å². The van der Waals surface area contributed by atoms with Gasteiger partial charge in [0.1, 0.15) is 0 Å². The normalized spacial score (nSPS) is 25.6. The predicted octanol–water partition coefficient (Wildman–Crippen LogP) is 3.19. The predicted molar refractivity (Wildman–Crippen MR) is 76.7 cm³/mol. The van der Waals surface area contributed by atoms with Crippen LogP contribution in [0.2, 0.25) is 0 Å². The lowest BCUT2D eigenvalue weighted by molar-refractivity contribution is 0.558. The third kappa shape index (κ3) is 1.33. The van der Waals surface area contributed by atoms with Gasteiger partial charge in [0.05, 0.1) is 0 Å². The molecule has 3 rings (SSSR count). The van der Waals surface area contributed by atoms with Crippen LogP contribution in [0, 0.1) is 18.3 Å². The summed E-state index contributed by atoms with van der Waals surface area (Å²) in [6.07, 6.45) is 0. The maximum atomic E-state index is 5.93. The first-order valence-electron chi connectivity index (χ1n) is 6.74. The molecular weight excluding hydrogens is 220 g/mol. The summed E-state index contributed by atoms with van der Waals surface area (Å²) < 4.78 is 2.31. The molecule has 0 spiro atoms. The second-order valence-electron chi connectivity index (χ2n) is 6.22. The number of aryl methyl sites for hydroxylation is 1. The molecule has 2 atom stereocenters. The molecule has 96 valence electrons. The maximum Gasteiger partial charge on any atom is 0.0482 e. The van der Waals surface area contributed by atoms with E-state index in [0.29, 0.717) is 17.3 Å². The molecule has 1 aliphatic carbocycles. The SMILES string of the molecule is Cc1c([C@@H]2[C@@H](CN)C2(C)C)c2ccccc2n1C. The van der Waals surface area contributed by atoms with Crippen LogP contribution < -0.4 is 5.73 Å². The first-order valence-corrected chi connectivity index (χ1v) is 6.74. The molecule has 1 aromatic heterocycles. The molecule has 2 aromatic rings. The summed E-state index contributed by atoms with van der Waals surface area (Å²) in [5, 5.41) is 1.41. The highest BCUT2D eigenvalue weighted by Crippen LogP contribution is 2.65. The minimum Gasteiger partial charge on any atom is -0.348 e. The van der Waals surface area contributed by atoms with E-state index >= 15 is 0 Å². The zero-order chi connectivity index (χ0) is 13.1. The van der Waals surface area contributed by atoms with Crippen molar-refractivity contribution in [2.75, 3.05) is 6.54 Å². The summed E-state index contributed by atoms with van der Waals surface area (Å²) in [5.41, 5.74) is 10.5. The lowest BCUT2D eigenvalue weighted by Gasteiger charge is -2.04. The van der Waals surface area contributed by atoms with Gasteiger partial charge in [-0.25, -0.2) is 0 Å². The molecule has 2 heteroatoms. The minimum absolute atomic E-state index is 0.351. The Morgan fingerprint density at radius 1 is 1.28 bits per heavy atom. The molecule has 2 N–H and O–H groups in total. The fraction of sp³-hybridized carbons (Fsp3) is 0.500. The summed E-state index contributed by atoms with van der Waals surface area (Å²) in [4.78, 5) is 0. The number of rotatable bonds is 2. The van der Waals surface area contributed by atoms with Crippen LogP contribution in [0.4, 0.5) is 0 Å². The maximum absolute atomic E-state index is 5.93. The smallest absolute Gasteiger partial charge is 0.0482 e. The van der Waals surface area contributed by atoms with Gasteiger partial charge in [0.15, 0.2) is 0 Å². The molecular formula is C16H22N2. The van der Waals surface area contributed by atoms with Crippen LogP contribution >= 0.6 is 0 Å². The van der Waals surface area contributed by atoms with Crippen molar-refractivity contribution in [2.45, 2.75) is 26.7 Å². The molecule has 0 saturated heterocycles. The summed E-state index contributed by atoms with van der Waals surface area (Å²) in [7, 11) is 2.16. The van der Waals surface area contributed by atoms with Crippen molar-refractivity contribution in [3.05, 3.63) is 35.5 Å². The highest BCUT2D eigenvalue weighted by molar-refractivity contribution is 5.86. The van der Waals surface area contributed by atoms with E-state index < -0.39 is 0 Å². The Bertz CT molecular complexity index is 607. The fourth-order valence-electron chi connectivity index (χ4n) is 3.70. The molecule has 0 aliphatic heterocycles. The van der Waals surface area contributed by atoms with Gasteiger partial charge in [-0.1, -0.05) is 32.0 Å². The Labute approximate surface area is 109 Å². The largest absolute Gasteiger partial charge is 0.348 e. The van der Waals surface area contributed by atoms with Crippen LogP contribution in [-0.2, 0) is 7.05 Å². The van der Waals surface area contributed by atoms with E-state index in [-0.39, 0.29) is 0 Å². The summed E-state index contributed by atoms with van der Waals surface area (Å²) in [5.74, 6) is 1.25. The highest BCUT2D eigenvalue weighted by Gasteiger charge is 2.58. The van der Waals surface area contributed by atoms with E-state index in [1.807, 2.05) is 0 Å². The summed E-state index contributed by atoms with van der Waals surface area (Å²) >= 11 is 0. The minimum atomic E-state index is 0.351. The van der Waals surface area contributed by atoms with E-state index in [4.69, 9.17) is 5.73 Å². The van der Waals surface area contributed by atoms with Crippen LogP contribution in [0.15, 0.2) is 24.3 Å². The van der Waals surface area contributed by atoms with E-state index in [9.17, 15) is 0 Å². The van der Waals surface area contributed by atoms with Crippen LogP contribution in [0.25, 0.3) is 10.9 Å². The molecule has 0 unspecified atom stereocenters. The molecule has 2 nitrogen and oxygen atoms in total. The molecule has 0 bridgehead atoms. The number of para-hydroxylation sites is 1. The van der Waals surface area contributed by atoms with Gasteiger partial charge in [0, 0.05) is 23.6 Å². The third-order valence-corrected chi connectivity index (χ3v) is 5.06. The average molecular weight is 242 g/mol. The topological polar surface area (TPSA) is 30.9 Å². The Balaban J connectivity index is 2.22. The van der Waals surface area contributed by atoms with Crippen molar-refractivity contribution in [1.29, 1.82) is 0 Å². The van der Waals surface area contributed by atoms with Crippen LogP contribution in [-0.4, -0.2) is 11.1 Å². The average Bonchev–Trinajstić information content (AvgIpc) is 2.80. The molecule has 1 heterocycles. The molecule has 1 fully saturated rings. The van der Waals surface area contributed by atoms with Gasteiger partial charge in [-0.2, -0.15) is 0 Å². The quantitative estimate of drug-likeness (QED) is 0.861. The first-order chi connectivity index (χ1) is 8.50. The van der Waals surface area contributed by atoms with E-state index in [1.165, 1.54) is 22.2 Å². The first kappa shape index (κ1) is 11.8. The third-order valence-electron chi connectivity index (χ3n) is 5.06. The monoisotopic (exact) mass is 242 g/mol. The Hall–Kier alpha value is -1.28. The molecule has 1 aliphatic rings. The standard InChI is InChI=1S/C16H22N2/c1-10-14(15-12(9-17)16(15,2)3)11-7-5-6-8-13(11)18(10)4/h5-8,12,15H,9,17H2,1-4H3/t12-,15+/m1/s1. The fourth-order valence-corrected chi connectivity index (χ4v) is 3.70. The van der Waals surface area contributed by atoms with E-state index in [2.05, 4.69) is 56.7 Å². The number of nitrogens with two attached hydrogens (primary N) is 1. The van der Waals surface area contributed by atoms with Gasteiger partial charge in [-0.05, 0) is 42.3 Å². The second kappa shape index (κ2) is 3.61. The lowest BCUT2D eigenvalue weighted by atomic mass is 10.0. The Kier molecular flexibility index (Phi) is 2.36. The van der Waals surface area contributed by atoms with Crippen LogP contribution in [0.3, 0.4) is 0 Å². The Morgan fingerprint density at radius 2 is 1.94 bits per heavy atom. The number of nitrogens with zero attached hydrogens (tertiary/aromatic N) is 1. The molecule has 1 saturated carbocycles. The lowest BCUT2D eigenvalue weighted by Crippen LogP contribution is -2.05. The van der Waals surface area contributed by atoms with Crippen molar-refractivity contribution < 1.29 is 0 Å².